The quantitative estimate of drug-likeness (QED) is 0.609. The number of nitrogens with zero attached hydrogens (tertiary/aromatic N) is 1. The number of ketones is 1. The third-order valence-corrected chi connectivity index (χ3v) is 3.10. The van der Waals surface area contributed by atoms with Gasteiger partial charge in [-0.15, -0.1) is 0 Å². The third-order valence-electron chi connectivity index (χ3n) is 3.10. The van der Waals surface area contributed by atoms with Gasteiger partial charge in [-0.1, -0.05) is 0 Å². The van der Waals surface area contributed by atoms with E-state index in [-0.39, 0.29) is 11.8 Å². The molecule has 0 atom stereocenters. The molecule has 0 aliphatic heterocycles. The number of aromatic nitrogens is 1. The molecule has 1 aliphatic rings. The molecular weight excluding hydrogens is 230 g/mol. The minimum Gasteiger partial charge on any atom is -0.463 e. The molecule has 4 heteroatoms. The van der Waals surface area contributed by atoms with Gasteiger partial charge in [0.15, 0.2) is 5.78 Å². The fraction of sp³-hybridized carbons (Fsp3) is 0.429. The Labute approximate surface area is 106 Å². The molecule has 4 nitrogen and oxygen atoms in total. The van der Waals surface area contributed by atoms with Gasteiger partial charge in [0.25, 0.3) is 0 Å². The molecule has 0 saturated carbocycles. The van der Waals surface area contributed by atoms with Crippen LogP contribution < -0.4 is 0 Å². The van der Waals surface area contributed by atoms with Crippen LogP contribution in [0.4, 0.5) is 0 Å². The predicted octanol–water partition coefficient (Wildman–Crippen LogP) is 2.43. The molecule has 0 N–H and O–H groups in total. The number of allylic oxidation sites excluding steroid dienone is 1. The SMILES string of the molecule is CCOC(=O)/C=C(/C)n1ccc2c1CCCC2=O. The second kappa shape index (κ2) is 5.21. The lowest BCUT2D eigenvalue weighted by molar-refractivity contribution is -0.137. The summed E-state index contributed by atoms with van der Waals surface area (Å²) in [5.74, 6) is -0.154. The van der Waals surface area contributed by atoms with Crippen molar-refractivity contribution in [3.05, 3.63) is 29.6 Å². The number of carbonyl (C=O) groups excluding carboxylic acids is 2. The van der Waals surface area contributed by atoms with E-state index < -0.39 is 0 Å². The maximum absolute atomic E-state index is 11.7. The van der Waals surface area contributed by atoms with E-state index in [0.717, 1.165) is 29.8 Å². The maximum atomic E-state index is 11.7. The number of carbonyl (C=O) groups is 2. The summed E-state index contributed by atoms with van der Waals surface area (Å²) < 4.78 is 6.79. The topological polar surface area (TPSA) is 48.3 Å². The van der Waals surface area contributed by atoms with Gasteiger partial charge in [-0.3, -0.25) is 4.79 Å². The highest BCUT2D eigenvalue weighted by Gasteiger charge is 2.21. The number of Topliss-reactive ketones (excluding diaryl/α,β-unsaturated/α-hetero) is 1. The highest BCUT2D eigenvalue weighted by molar-refractivity contribution is 5.98. The summed E-state index contributed by atoms with van der Waals surface area (Å²) in [7, 11) is 0. The van der Waals surface area contributed by atoms with Gasteiger partial charge in [0.2, 0.25) is 0 Å². The summed E-state index contributed by atoms with van der Waals surface area (Å²) >= 11 is 0. The number of fused-ring (bicyclic) bond motifs is 1. The first kappa shape index (κ1) is 12.6. The highest BCUT2D eigenvalue weighted by atomic mass is 16.5. The summed E-state index contributed by atoms with van der Waals surface area (Å²) in [6.07, 6.45) is 5.68. The van der Waals surface area contributed by atoms with Crippen molar-refractivity contribution >= 4 is 17.4 Å². The van der Waals surface area contributed by atoms with Crippen molar-refractivity contribution in [1.29, 1.82) is 0 Å². The van der Waals surface area contributed by atoms with Crippen molar-refractivity contribution in [3.63, 3.8) is 0 Å². The Morgan fingerprint density at radius 3 is 3.00 bits per heavy atom. The van der Waals surface area contributed by atoms with E-state index in [9.17, 15) is 9.59 Å². The van der Waals surface area contributed by atoms with E-state index in [0.29, 0.717) is 13.0 Å². The molecule has 0 radical (unpaired) electrons. The van der Waals surface area contributed by atoms with Crippen LogP contribution in [0, 0.1) is 0 Å². The molecule has 0 fully saturated rings. The molecule has 2 rings (SSSR count). The molecule has 0 amide bonds. The van der Waals surface area contributed by atoms with Gasteiger partial charge >= 0.3 is 5.97 Å². The standard InChI is InChI=1S/C14H17NO3/c1-3-18-14(17)9-10(2)15-8-7-11-12(15)5-4-6-13(11)16/h7-9H,3-6H2,1-2H3/b10-9-. The van der Waals surface area contributed by atoms with Gasteiger partial charge in [0.05, 0.1) is 6.61 Å². The van der Waals surface area contributed by atoms with Crippen molar-refractivity contribution in [1.82, 2.24) is 4.57 Å². The number of rotatable bonds is 3. The molecule has 18 heavy (non-hydrogen) atoms. The van der Waals surface area contributed by atoms with Crippen molar-refractivity contribution in [3.8, 4) is 0 Å². The van der Waals surface area contributed by atoms with Crippen LogP contribution >= 0.6 is 0 Å². The highest BCUT2D eigenvalue weighted by Crippen LogP contribution is 2.24. The van der Waals surface area contributed by atoms with Crippen LogP contribution in [0.3, 0.4) is 0 Å². The van der Waals surface area contributed by atoms with E-state index in [4.69, 9.17) is 4.74 Å². The van der Waals surface area contributed by atoms with Gasteiger partial charge in [0, 0.05) is 35.6 Å². The van der Waals surface area contributed by atoms with Crippen molar-refractivity contribution < 1.29 is 14.3 Å². The van der Waals surface area contributed by atoms with Gasteiger partial charge in [-0.25, -0.2) is 4.79 Å². The van der Waals surface area contributed by atoms with E-state index in [1.54, 1.807) is 6.92 Å². The van der Waals surface area contributed by atoms with E-state index in [1.807, 2.05) is 23.8 Å². The number of esters is 1. The summed E-state index contributed by atoms with van der Waals surface area (Å²) in [4.78, 5) is 23.1. The normalized spacial score (nSPS) is 15.4. The first-order valence-electron chi connectivity index (χ1n) is 6.22. The molecule has 0 saturated heterocycles. The largest absolute Gasteiger partial charge is 0.463 e. The van der Waals surface area contributed by atoms with Crippen LogP contribution in [0.15, 0.2) is 18.3 Å². The lowest BCUT2D eigenvalue weighted by atomic mass is 9.97. The van der Waals surface area contributed by atoms with Crippen LogP contribution in [0.25, 0.3) is 5.70 Å². The zero-order valence-corrected chi connectivity index (χ0v) is 10.7. The Hall–Kier alpha value is -1.84. The Kier molecular flexibility index (Phi) is 3.65. The van der Waals surface area contributed by atoms with Gasteiger partial charge in [-0.05, 0) is 32.8 Å². The number of hydrogen-bond donors (Lipinski definition) is 0. The lowest BCUT2D eigenvalue weighted by Crippen LogP contribution is -2.12. The Morgan fingerprint density at radius 2 is 2.28 bits per heavy atom. The van der Waals surface area contributed by atoms with Crippen LogP contribution in [0.2, 0.25) is 0 Å². The number of ether oxygens (including phenoxy) is 1. The Morgan fingerprint density at radius 1 is 1.50 bits per heavy atom. The Bertz CT molecular complexity index is 511. The van der Waals surface area contributed by atoms with E-state index in [1.165, 1.54) is 6.08 Å². The second-order valence-electron chi connectivity index (χ2n) is 4.36. The summed E-state index contributed by atoms with van der Waals surface area (Å²) in [5, 5.41) is 0. The third kappa shape index (κ3) is 2.37. The minimum absolute atomic E-state index is 0.193. The van der Waals surface area contributed by atoms with Crippen LogP contribution in [0.5, 0.6) is 0 Å². The molecule has 1 aromatic rings. The van der Waals surface area contributed by atoms with E-state index >= 15 is 0 Å². The molecule has 0 bridgehead atoms. The number of hydrogen-bond acceptors (Lipinski definition) is 3. The maximum Gasteiger partial charge on any atom is 0.332 e. The van der Waals surface area contributed by atoms with Crippen molar-refractivity contribution in [2.75, 3.05) is 6.61 Å². The average molecular weight is 247 g/mol. The second-order valence-corrected chi connectivity index (χ2v) is 4.36. The average Bonchev–Trinajstić information content (AvgIpc) is 2.74. The molecule has 1 aliphatic carbocycles. The molecule has 0 spiro atoms. The molecule has 96 valence electrons. The summed E-state index contributed by atoms with van der Waals surface area (Å²) in [6, 6.07) is 1.83. The zero-order valence-electron chi connectivity index (χ0n) is 10.7. The first-order chi connectivity index (χ1) is 8.63. The molecule has 1 aromatic heterocycles. The lowest BCUT2D eigenvalue weighted by Gasteiger charge is -2.15. The minimum atomic E-state index is -0.348. The van der Waals surface area contributed by atoms with Gasteiger partial charge in [0.1, 0.15) is 0 Å². The molecule has 0 unspecified atom stereocenters. The molecule has 1 heterocycles. The van der Waals surface area contributed by atoms with E-state index in [2.05, 4.69) is 0 Å². The summed E-state index contributed by atoms with van der Waals surface area (Å²) in [5.41, 5.74) is 2.58. The van der Waals surface area contributed by atoms with Gasteiger partial charge in [-0.2, -0.15) is 0 Å². The molecular formula is C14H17NO3. The van der Waals surface area contributed by atoms with Gasteiger partial charge < -0.3 is 9.30 Å². The monoisotopic (exact) mass is 247 g/mol. The smallest absolute Gasteiger partial charge is 0.332 e. The van der Waals surface area contributed by atoms with Crippen LogP contribution in [-0.4, -0.2) is 22.9 Å². The fourth-order valence-electron chi connectivity index (χ4n) is 2.28. The van der Waals surface area contributed by atoms with Crippen LogP contribution in [-0.2, 0) is 16.0 Å². The zero-order chi connectivity index (χ0) is 13.1. The fourth-order valence-corrected chi connectivity index (χ4v) is 2.28. The summed E-state index contributed by atoms with van der Waals surface area (Å²) in [6.45, 7) is 3.98. The van der Waals surface area contributed by atoms with Crippen LogP contribution in [0.1, 0.15) is 42.7 Å². The van der Waals surface area contributed by atoms with Crippen molar-refractivity contribution in [2.24, 2.45) is 0 Å². The first-order valence-corrected chi connectivity index (χ1v) is 6.22. The molecule has 0 aromatic carbocycles. The Balaban J connectivity index is 2.29. The van der Waals surface area contributed by atoms with Crippen molar-refractivity contribution in [2.45, 2.75) is 33.1 Å². The predicted molar refractivity (Wildman–Crippen MR) is 68.3 cm³/mol.